The second kappa shape index (κ2) is 3.92. The quantitative estimate of drug-likeness (QED) is 0.615. The molecule has 0 spiro atoms. The Morgan fingerprint density at radius 1 is 1.06 bits per heavy atom. The van der Waals surface area contributed by atoms with E-state index in [1.54, 1.807) is 0 Å². The lowest BCUT2D eigenvalue weighted by atomic mass is 10.00. The molecule has 3 rings (SSSR count). The van der Waals surface area contributed by atoms with Crippen LogP contribution in [0.1, 0.15) is 30.0 Å². The van der Waals surface area contributed by atoms with Crippen LogP contribution in [-0.2, 0) is 17.9 Å². The highest BCUT2D eigenvalue weighted by molar-refractivity contribution is 5.79. The summed E-state index contributed by atoms with van der Waals surface area (Å²) < 4.78 is 0. The largest absolute Gasteiger partial charge is 0.289 e. The Morgan fingerprint density at radius 2 is 1.88 bits per heavy atom. The van der Waals surface area contributed by atoms with E-state index in [1.165, 1.54) is 11.1 Å². The molecule has 1 heteroatoms. The van der Waals surface area contributed by atoms with Gasteiger partial charge >= 0.3 is 0 Å². The summed E-state index contributed by atoms with van der Waals surface area (Å²) in [4.78, 5) is 0. The summed E-state index contributed by atoms with van der Waals surface area (Å²) in [6.07, 6.45) is 2.73. The minimum atomic E-state index is 0.264. The van der Waals surface area contributed by atoms with E-state index in [4.69, 9.17) is 0 Å². The van der Waals surface area contributed by atoms with Gasteiger partial charge in [-0.1, -0.05) is 49.7 Å². The van der Waals surface area contributed by atoms with Crippen molar-refractivity contribution in [1.82, 2.24) is 0 Å². The summed E-state index contributed by atoms with van der Waals surface area (Å²) in [6.45, 7) is 2.11. The first-order chi connectivity index (χ1) is 8.31. The molecule has 0 fully saturated rings. The Kier molecular flexibility index (Phi) is 2.40. The molecular weight excluding hydrogens is 208 g/mol. The Hall–Kier alpha value is -1.76. The minimum absolute atomic E-state index is 0.264. The van der Waals surface area contributed by atoms with Crippen LogP contribution in [0.4, 0.5) is 0 Å². The van der Waals surface area contributed by atoms with E-state index in [1.807, 2.05) is 18.2 Å². The standard InChI is InChI=1S/C16H15O/c1-2-5-11-8-9-14-13-7-4-3-6-12(13)10-15(14)16(11)17/h3-4,6-9H,2,5,10H2,1H3. The van der Waals surface area contributed by atoms with Crippen LogP contribution in [0.3, 0.4) is 0 Å². The van der Waals surface area contributed by atoms with Gasteiger partial charge in [-0.25, -0.2) is 0 Å². The number of fused-ring (bicyclic) bond motifs is 3. The van der Waals surface area contributed by atoms with E-state index in [0.717, 1.165) is 36.0 Å². The lowest BCUT2D eigenvalue weighted by molar-refractivity contribution is 0.346. The number of hydrogen-bond acceptors (Lipinski definition) is 0. The van der Waals surface area contributed by atoms with Gasteiger partial charge < -0.3 is 0 Å². The lowest BCUT2D eigenvalue weighted by Crippen LogP contribution is -1.89. The third-order valence-corrected chi connectivity index (χ3v) is 3.54. The van der Waals surface area contributed by atoms with E-state index >= 15 is 0 Å². The second-order valence-corrected chi connectivity index (χ2v) is 4.66. The minimum Gasteiger partial charge on any atom is -0.289 e. The zero-order chi connectivity index (χ0) is 11.8. The molecule has 1 radical (unpaired) electrons. The number of benzene rings is 2. The van der Waals surface area contributed by atoms with Crippen molar-refractivity contribution in [3.8, 4) is 16.9 Å². The molecule has 0 aliphatic heterocycles. The molecule has 0 aromatic heterocycles. The average molecular weight is 223 g/mol. The molecule has 0 amide bonds. The Labute approximate surface area is 102 Å². The van der Waals surface area contributed by atoms with Crippen LogP contribution in [0, 0.1) is 0 Å². The maximum Gasteiger partial charge on any atom is 0.185 e. The fourth-order valence-electron chi connectivity index (χ4n) is 2.70. The van der Waals surface area contributed by atoms with Crippen LogP contribution in [-0.4, -0.2) is 0 Å². The highest BCUT2D eigenvalue weighted by Gasteiger charge is 2.23. The zero-order valence-corrected chi connectivity index (χ0v) is 9.99. The van der Waals surface area contributed by atoms with Crippen LogP contribution in [0.15, 0.2) is 36.4 Å². The monoisotopic (exact) mass is 223 g/mol. The molecule has 0 atom stereocenters. The van der Waals surface area contributed by atoms with Crippen molar-refractivity contribution in [1.29, 1.82) is 0 Å². The molecule has 0 N–H and O–H groups in total. The molecule has 0 unspecified atom stereocenters. The molecule has 0 heterocycles. The van der Waals surface area contributed by atoms with Crippen LogP contribution in [0.25, 0.3) is 11.1 Å². The smallest absolute Gasteiger partial charge is 0.185 e. The van der Waals surface area contributed by atoms with Crippen molar-refractivity contribution < 1.29 is 5.11 Å². The van der Waals surface area contributed by atoms with Crippen molar-refractivity contribution in [3.63, 3.8) is 0 Å². The summed E-state index contributed by atoms with van der Waals surface area (Å²) in [5, 5.41) is 12.3. The Balaban J connectivity index is 2.15. The highest BCUT2D eigenvalue weighted by atomic mass is 16.3. The van der Waals surface area contributed by atoms with Crippen molar-refractivity contribution >= 4 is 0 Å². The molecule has 1 aliphatic carbocycles. The van der Waals surface area contributed by atoms with E-state index in [9.17, 15) is 5.11 Å². The van der Waals surface area contributed by atoms with Gasteiger partial charge in [0.15, 0.2) is 5.75 Å². The zero-order valence-electron chi connectivity index (χ0n) is 9.99. The van der Waals surface area contributed by atoms with Crippen molar-refractivity contribution in [2.75, 3.05) is 0 Å². The first-order valence-electron chi connectivity index (χ1n) is 6.21. The topological polar surface area (TPSA) is 19.9 Å². The fourth-order valence-corrected chi connectivity index (χ4v) is 2.70. The molecule has 0 saturated heterocycles. The molecule has 1 aliphatic rings. The number of rotatable bonds is 2. The molecule has 17 heavy (non-hydrogen) atoms. The fraction of sp³-hybridized carbons (Fsp3) is 0.250. The maximum absolute atomic E-state index is 12.3. The van der Waals surface area contributed by atoms with Crippen molar-refractivity contribution in [3.05, 3.63) is 53.1 Å². The molecule has 1 nitrogen and oxygen atoms in total. The molecular formula is C16H15O. The first kappa shape index (κ1) is 10.4. The lowest BCUT2D eigenvalue weighted by Gasteiger charge is -2.06. The van der Waals surface area contributed by atoms with Gasteiger partial charge in [0.2, 0.25) is 0 Å². The van der Waals surface area contributed by atoms with Gasteiger partial charge in [0.25, 0.3) is 0 Å². The van der Waals surface area contributed by atoms with Crippen molar-refractivity contribution in [2.45, 2.75) is 26.2 Å². The van der Waals surface area contributed by atoms with Gasteiger partial charge in [-0.15, -0.1) is 0 Å². The average Bonchev–Trinajstić information content (AvgIpc) is 2.73. The van der Waals surface area contributed by atoms with E-state index in [-0.39, 0.29) is 5.75 Å². The summed E-state index contributed by atoms with van der Waals surface area (Å²) in [6, 6.07) is 12.4. The highest BCUT2D eigenvalue weighted by Crippen LogP contribution is 2.42. The van der Waals surface area contributed by atoms with Gasteiger partial charge in [0.1, 0.15) is 0 Å². The van der Waals surface area contributed by atoms with Crippen molar-refractivity contribution in [2.24, 2.45) is 0 Å². The van der Waals surface area contributed by atoms with Crippen LogP contribution < -0.4 is 0 Å². The molecule has 85 valence electrons. The normalized spacial score (nSPS) is 12.3. The molecule has 0 bridgehead atoms. The van der Waals surface area contributed by atoms with Gasteiger partial charge in [0.05, 0.1) is 0 Å². The van der Waals surface area contributed by atoms with E-state index in [2.05, 4.69) is 25.1 Å². The molecule has 2 aromatic rings. The van der Waals surface area contributed by atoms with Crippen LogP contribution in [0.2, 0.25) is 0 Å². The number of hydrogen-bond donors (Lipinski definition) is 0. The third-order valence-electron chi connectivity index (χ3n) is 3.54. The predicted molar refractivity (Wildman–Crippen MR) is 68.8 cm³/mol. The van der Waals surface area contributed by atoms with E-state index < -0.39 is 0 Å². The SMILES string of the molecule is CCCc1ccc2c(c1[O])Cc1ccccc1-2. The Morgan fingerprint density at radius 3 is 2.71 bits per heavy atom. The third kappa shape index (κ3) is 1.54. The van der Waals surface area contributed by atoms with Gasteiger partial charge in [0, 0.05) is 12.0 Å². The maximum atomic E-state index is 12.3. The predicted octanol–water partition coefficient (Wildman–Crippen LogP) is 4.35. The first-order valence-corrected chi connectivity index (χ1v) is 6.21. The molecule has 2 aromatic carbocycles. The van der Waals surface area contributed by atoms with E-state index in [0.29, 0.717) is 0 Å². The summed E-state index contributed by atoms with van der Waals surface area (Å²) >= 11 is 0. The Bertz CT molecular complexity index is 570. The van der Waals surface area contributed by atoms with Gasteiger partial charge in [-0.3, -0.25) is 5.11 Å². The van der Waals surface area contributed by atoms with Gasteiger partial charge in [-0.2, -0.15) is 0 Å². The van der Waals surface area contributed by atoms with Crippen LogP contribution >= 0.6 is 0 Å². The summed E-state index contributed by atoms with van der Waals surface area (Å²) in [5.74, 6) is 0.264. The van der Waals surface area contributed by atoms with Gasteiger partial charge in [-0.05, 0) is 28.7 Å². The molecule has 0 saturated carbocycles. The summed E-state index contributed by atoms with van der Waals surface area (Å²) in [5.41, 5.74) is 5.64. The number of aryl methyl sites for hydroxylation is 1. The summed E-state index contributed by atoms with van der Waals surface area (Å²) in [7, 11) is 0. The van der Waals surface area contributed by atoms with Crippen LogP contribution in [0.5, 0.6) is 5.75 Å². The second-order valence-electron chi connectivity index (χ2n) is 4.66.